The quantitative estimate of drug-likeness (QED) is 0.774. The Labute approximate surface area is 100 Å². The Morgan fingerprint density at radius 1 is 1.22 bits per heavy atom. The minimum absolute atomic E-state index is 0.162. The molecule has 0 atom stereocenters. The van der Waals surface area contributed by atoms with Gasteiger partial charge in [0.2, 0.25) is 0 Å². The van der Waals surface area contributed by atoms with Gasteiger partial charge in [0.05, 0.1) is 16.9 Å². The SMILES string of the molecule is Cc1c(C=O)nnn1-c1ccc(C(F)(F)F)cc1. The first kappa shape index (κ1) is 12.3. The predicted octanol–water partition coefficient (Wildman–Crippen LogP) is 2.41. The van der Waals surface area contributed by atoms with E-state index in [0.717, 1.165) is 12.1 Å². The second-order valence-electron chi connectivity index (χ2n) is 3.63. The van der Waals surface area contributed by atoms with Crippen LogP contribution in [0.5, 0.6) is 0 Å². The topological polar surface area (TPSA) is 47.8 Å². The number of carbonyl (C=O) groups excluding carboxylic acids is 1. The van der Waals surface area contributed by atoms with Crippen LogP contribution in [-0.2, 0) is 6.18 Å². The normalized spacial score (nSPS) is 11.6. The number of carbonyl (C=O) groups is 1. The molecule has 0 N–H and O–H groups in total. The molecular weight excluding hydrogens is 247 g/mol. The number of hydrogen-bond donors (Lipinski definition) is 0. The van der Waals surface area contributed by atoms with Gasteiger partial charge in [-0.3, -0.25) is 4.79 Å². The van der Waals surface area contributed by atoms with Crippen molar-refractivity contribution in [2.45, 2.75) is 13.1 Å². The third kappa shape index (κ3) is 2.11. The van der Waals surface area contributed by atoms with Crippen molar-refractivity contribution in [3.8, 4) is 5.69 Å². The fraction of sp³-hybridized carbons (Fsp3) is 0.182. The van der Waals surface area contributed by atoms with Gasteiger partial charge in [-0.2, -0.15) is 13.2 Å². The second kappa shape index (κ2) is 4.25. The Morgan fingerprint density at radius 2 is 1.83 bits per heavy atom. The maximum atomic E-state index is 12.4. The van der Waals surface area contributed by atoms with Gasteiger partial charge < -0.3 is 0 Å². The van der Waals surface area contributed by atoms with Gasteiger partial charge in [0.25, 0.3) is 0 Å². The molecule has 0 saturated carbocycles. The molecule has 18 heavy (non-hydrogen) atoms. The summed E-state index contributed by atoms with van der Waals surface area (Å²) in [6, 6.07) is 4.46. The number of hydrogen-bond acceptors (Lipinski definition) is 3. The van der Waals surface area contributed by atoms with E-state index in [0.29, 0.717) is 17.7 Å². The first-order valence-corrected chi connectivity index (χ1v) is 4.98. The van der Waals surface area contributed by atoms with Gasteiger partial charge in [-0.25, -0.2) is 4.68 Å². The molecule has 2 rings (SSSR count). The maximum Gasteiger partial charge on any atom is 0.416 e. The van der Waals surface area contributed by atoms with Crippen LogP contribution in [-0.4, -0.2) is 21.3 Å². The lowest BCUT2D eigenvalue weighted by molar-refractivity contribution is -0.137. The van der Waals surface area contributed by atoms with Crippen LogP contribution in [0.25, 0.3) is 5.69 Å². The smallest absolute Gasteiger partial charge is 0.296 e. The summed E-state index contributed by atoms with van der Waals surface area (Å²) in [5.74, 6) is 0. The summed E-state index contributed by atoms with van der Waals surface area (Å²) in [6.07, 6.45) is -3.83. The summed E-state index contributed by atoms with van der Waals surface area (Å²) < 4.78 is 38.4. The van der Waals surface area contributed by atoms with Crippen LogP contribution in [0.3, 0.4) is 0 Å². The molecule has 7 heteroatoms. The number of nitrogens with zero attached hydrogens (tertiary/aromatic N) is 3. The first-order chi connectivity index (χ1) is 8.43. The fourth-order valence-electron chi connectivity index (χ4n) is 1.49. The number of halogens is 3. The van der Waals surface area contributed by atoms with E-state index < -0.39 is 11.7 Å². The summed E-state index contributed by atoms with van der Waals surface area (Å²) >= 11 is 0. The van der Waals surface area contributed by atoms with E-state index in [1.165, 1.54) is 16.8 Å². The zero-order valence-electron chi connectivity index (χ0n) is 9.27. The summed E-state index contributed by atoms with van der Waals surface area (Å²) in [7, 11) is 0. The first-order valence-electron chi connectivity index (χ1n) is 4.98. The van der Waals surface area contributed by atoms with Crippen molar-refractivity contribution in [2.24, 2.45) is 0 Å². The maximum absolute atomic E-state index is 12.4. The lowest BCUT2D eigenvalue weighted by atomic mass is 10.2. The molecule has 94 valence electrons. The molecule has 0 aliphatic rings. The van der Waals surface area contributed by atoms with E-state index in [2.05, 4.69) is 10.3 Å². The molecule has 4 nitrogen and oxygen atoms in total. The lowest BCUT2D eigenvalue weighted by Crippen LogP contribution is -2.06. The highest BCUT2D eigenvalue weighted by atomic mass is 19.4. The number of aromatic nitrogens is 3. The molecule has 0 radical (unpaired) electrons. The fourth-order valence-corrected chi connectivity index (χ4v) is 1.49. The molecule has 0 aliphatic carbocycles. The summed E-state index contributed by atoms with van der Waals surface area (Å²) in [5.41, 5.74) is 0.320. The van der Waals surface area contributed by atoms with Gasteiger partial charge >= 0.3 is 6.18 Å². The number of alkyl halides is 3. The van der Waals surface area contributed by atoms with E-state index >= 15 is 0 Å². The van der Waals surface area contributed by atoms with E-state index in [1.54, 1.807) is 6.92 Å². The minimum atomic E-state index is -4.37. The summed E-state index contributed by atoms with van der Waals surface area (Å²) in [6.45, 7) is 1.61. The van der Waals surface area contributed by atoms with Crippen molar-refractivity contribution in [2.75, 3.05) is 0 Å². The van der Waals surface area contributed by atoms with Gasteiger partial charge in [0.1, 0.15) is 5.69 Å². The molecule has 1 heterocycles. The Kier molecular flexibility index (Phi) is 2.90. The summed E-state index contributed by atoms with van der Waals surface area (Å²) in [5, 5.41) is 7.31. The van der Waals surface area contributed by atoms with Gasteiger partial charge in [0, 0.05) is 0 Å². The van der Waals surface area contributed by atoms with Crippen molar-refractivity contribution in [3.63, 3.8) is 0 Å². The molecule has 0 amide bonds. The van der Waals surface area contributed by atoms with Gasteiger partial charge in [-0.15, -0.1) is 5.10 Å². The van der Waals surface area contributed by atoms with Crippen molar-refractivity contribution < 1.29 is 18.0 Å². The van der Waals surface area contributed by atoms with Crippen molar-refractivity contribution >= 4 is 6.29 Å². The van der Waals surface area contributed by atoms with Crippen LogP contribution in [0.2, 0.25) is 0 Å². The molecule has 0 fully saturated rings. The molecule has 0 spiro atoms. The molecule has 1 aromatic carbocycles. The van der Waals surface area contributed by atoms with E-state index in [1.807, 2.05) is 0 Å². The van der Waals surface area contributed by atoms with Crippen molar-refractivity contribution in [1.82, 2.24) is 15.0 Å². The van der Waals surface area contributed by atoms with Crippen LogP contribution in [0.4, 0.5) is 13.2 Å². The Bertz CT molecular complexity index is 572. The largest absolute Gasteiger partial charge is 0.416 e. The number of benzene rings is 1. The zero-order valence-corrected chi connectivity index (χ0v) is 9.27. The molecule has 0 aliphatic heterocycles. The molecule has 0 bridgehead atoms. The van der Waals surface area contributed by atoms with E-state index in [-0.39, 0.29) is 5.69 Å². The molecule has 0 unspecified atom stereocenters. The van der Waals surface area contributed by atoms with Crippen LogP contribution in [0.15, 0.2) is 24.3 Å². The highest BCUT2D eigenvalue weighted by Gasteiger charge is 2.30. The molecule has 1 aromatic heterocycles. The number of aldehydes is 1. The standard InChI is InChI=1S/C11H8F3N3O/c1-7-10(6-18)15-16-17(7)9-4-2-8(3-5-9)11(12,13)14/h2-6H,1H3. The van der Waals surface area contributed by atoms with E-state index in [4.69, 9.17) is 0 Å². The third-order valence-electron chi connectivity index (χ3n) is 2.48. The monoisotopic (exact) mass is 255 g/mol. The van der Waals surface area contributed by atoms with Gasteiger partial charge in [-0.05, 0) is 31.2 Å². The Morgan fingerprint density at radius 3 is 2.28 bits per heavy atom. The average Bonchev–Trinajstić information content (AvgIpc) is 2.69. The van der Waals surface area contributed by atoms with Crippen LogP contribution in [0, 0.1) is 6.92 Å². The van der Waals surface area contributed by atoms with Crippen molar-refractivity contribution in [3.05, 3.63) is 41.2 Å². The van der Waals surface area contributed by atoms with Gasteiger partial charge in [-0.1, -0.05) is 5.21 Å². The number of rotatable bonds is 2. The Hall–Kier alpha value is -2.18. The highest BCUT2D eigenvalue weighted by Crippen LogP contribution is 2.29. The van der Waals surface area contributed by atoms with Crippen molar-refractivity contribution in [1.29, 1.82) is 0 Å². The predicted molar refractivity (Wildman–Crippen MR) is 56.5 cm³/mol. The van der Waals surface area contributed by atoms with E-state index in [9.17, 15) is 18.0 Å². The average molecular weight is 255 g/mol. The zero-order chi connectivity index (χ0) is 13.3. The molecule has 0 saturated heterocycles. The molecular formula is C11H8F3N3O. The van der Waals surface area contributed by atoms with Crippen LogP contribution >= 0.6 is 0 Å². The van der Waals surface area contributed by atoms with Crippen LogP contribution < -0.4 is 0 Å². The third-order valence-corrected chi connectivity index (χ3v) is 2.48. The molecule has 2 aromatic rings. The van der Waals surface area contributed by atoms with Gasteiger partial charge in [0.15, 0.2) is 6.29 Å². The lowest BCUT2D eigenvalue weighted by Gasteiger charge is -2.08. The highest BCUT2D eigenvalue weighted by molar-refractivity contribution is 5.73. The minimum Gasteiger partial charge on any atom is -0.296 e. The second-order valence-corrected chi connectivity index (χ2v) is 3.63. The Balaban J connectivity index is 2.40. The van der Waals surface area contributed by atoms with Crippen LogP contribution in [0.1, 0.15) is 21.7 Å². The summed E-state index contributed by atoms with van der Waals surface area (Å²) in [4.78, 5) is 10.6.